The van der Waals surface area contributed by atoms with Gasteiger partial charge in [0.2, 0.25) is 0 Å². The second-order valence-electron chi connectivity index (χ2n) is 6.07. The first-order valence-corrected chi connectivity index (χ1v) is 6.46. The van der Waals surface area contributed by atoms with Crippen molar-refractivity contribution < 1.29 is 0 Å². The first-order valence-electron chi connectivity index (χ1n) is 6.46. The van der Waals surface area contributed by atoms with Crippen molar-refractivity contribution in [1.29, 1.82) is 0 Å². The minimum atomic E-state index is -0.226. The molecule has 1 unspecified atom stereocenters. The quantitative estimate of drug-likeness (QED) is 0.867. The van der Waals surface area contributed by atoms with E-state index >= 15 is 0 Å². The van der Waals surface area contributed by atoms with Gasteiger partial charge in [-0.05, 0) is 63.9 Å². The van der Waals surface area contributed by atoms with Gasteiger partial charge >= 0.3 is 0 Å². The van der Waals surface area contributed by atoms with Crippen LogP contribution in [0.15, 0.2) is 18.2 Å². The summed E-state index contributed by atoms with van der Waals surface area (Å²) < 4.78 is 0. The Labute approximate surface area is 105 Å². The number of hydrogen-bond acceptors (Lipinski definition) is 2. The van der Waals surface area contributed by atoms with Gasteiger partial charge in [-0.25, -0.2) is 0 Å². The highest BCUT2D eigenvalue weighted by molar-refractivity contribution is 5.37. The molecule has 0 saturated carbocycles. The number of nitrogens with two attached hydrogens (primary N) is 1. The van der Waals surface area contributed by atoms with Gasteiger partial charge in [0.1, 0.15) is 0 Å². The molecule has 0 amide bonds. The molecule has 0 fully saturated rings. The lowest BCUT2D eigenvalue weighted by Gasteiger charge is -2.36. The zero-order valence-corrected chi connectivity index (χ0v) is 11.5. The van der Waals surface area contributed by atoms with Crippen molar-refractivity contribution in [1.82, 2.24) is 4.90 Å². The summed E-state index contributed by atoms with van der Waals surface area (Å²) in [7, 11) is 4.21. The maximum atomic E-state index is 6.32. The number of hydrogen-bond donors (Lipinski definition) is 1. The predicted molar refractivity (Wildman–Crippen MR) is 73.2 cm³/mol. The van der Waals surface area contributed by atoms with Crippen LogP contribution in [0.3, 0.4) is 0 Å². The van der Waals surface area contributed by atoms with E-state index in [1.54, 1.807) is 0 Å². The molecule has 2 heteroatoms. The van der Waals surface area contributed by atoms with Crippen LogP contribution in [-0.2, 0) is 12.8 Å². The summed E-state index contributed by atoms with van der Waals surface area (Å²) in [5.74, 6) is 0. The van der Waals surface area contributed by atoms with Crippen molar-refractivity contribution in [3.8, 4) is 0 Å². The summed E-state index contributed by atoms with van der Waals surface area (Å²) in [6, 6.07) is 7.18. The highest BCUT2D eigenvalue weighted by atomic mass is 15.1. The molecule has 0 radical (unpaired) electrons. The molecule has 1 aromatic carbocycles. The Bertz CT molecular complexity index is 402. The van der Waals surface area contributed by atoms with Crippen molar-refractivity contribution in [2.24, 2.45) is 5.73 Å². The Morgan fingerprint density at radius 1 is 1.18 bits per heavy atom. The normalized spacial score (nSPS) is 17.3. The molecule has 1 atom stereocenters. The Kier molecular flexibility index (Phi) is 3.28. The maximum Gasteiger partial charge on any atom is 0.0517 e. The van der Waals surface area contributed by atoms with Gasteiger partial charge in [0, 0.05) is 5.54 Å². The third-order valence-electron chi connectivity index (χ3n) is 3.66. The Morgan fingerprint density at radius 3 is 2.41 bits per heavy atom. The van der Waals surface area contributed by atoms with E-state index in [2.05, 4.69) is 51.0 Å². The molecule has 2 N–H and O–H groups in total. The van der Waals surface area contributed by atoms with Crippen LogP contribution in [0.25, 0.3) is 0 Å². The smallest absolute Gasteiger partial charge is 0.0517 e. The van der Waals surface area contributed by atoms with Crippen LogP contribution in [0.2, 0.25) is 0 Å². The lowest BCUT2D eigenvalue weighted by molar-refractivity contribution is 0.204. The van der Waals surface area contributed by atoms with Crippen LogP contribution >= 0.6 is 0 Å². The fraction of sp³-hybridized carbons (Fsp3) is 0.600. The molecule has 1 aliphatic rings. The molecule has 2 nitrogen and oxygen atoms in total. The summed E-state index contributed by atoms with van der Waals surface area (Å²) in [6.07, 6.45) is 3.78. The molecule has 0 aromatic heterocycles. The second-order valence-corrected chi connectivity index (χ2v) is 6.07. The summed E-state index contributed by atoms with van der Waals surface area (Å²) >= 11 is 0. The number of likely N-dealkylation sites (N-methyl/N-ethyl adjacent to an activating group) is 1. The van der Waals surface area contributed by atoms with Crippen LogP contribution < -0.4 is 5.73 Å². The Morgan fingerprint density at radius 2 is 1.82 bits per heavy atom. The summed E-state index contributed by atoms with van der Waals surface area (Å²) in [6.45, 7) is 4.20. The van der Waals surface area contributed by atoms with Crippen LogP contribution in [0, 0.1) is 0 Å². The van der Waals surface area contributed by atoms with Gasteiger partial charge in [0.05, 0.1) is 6.04 Å². The minimum Gasteiger partial charge on any atom is -0.324 e. The van der Waals surface area contributed by atoms with E-state index in [0.29, 0.717) is 0 Å². The van der Waals surface area contributed by atoms with Gasteiger partial charge in [-0.15, -0.1) is 0 Å². The van der Waals surface area contributed by atoms with E-state index in [0.717, 1.165) is 0 Å². The molecule has 1 aromatic rings. The molecule has 17 heavy (non-hydrogen) atoms. The molecule has 0 bridgehead atoms. The van der Waals surface area contributed by atoms with Crippen molar-refractivity contribution in [3.63, 3.8) is 0 Å². The van der Waals surface area contributed by atoms with E-state index in [1.165, 1.54) is 36.0 Å². The zero-order chi connectivity index (χ0) is 12.6. The molecule has 1 aliphatic carbocycles. The standard InChI is InChI=1S/C15H24N2/c1-15(2,16)14(17(3)4)13-9-8-11-6-5-7-12(11)10-13/h8-10,14H,5-7,16H2,1-4H3. The summed E-state index contributed by atoms with van der Waals surface area (Å²) in [4.78, 5) is 2.22. The number of aryl methyl sites for hydroxylation is 2. The number of nitrogens with zero attached hydrogens (tertiary/aromatic N) is 1. The second kappa shape index (κ2) is 4.43. The zero-order valence-electron chi connectivity index (χ0n) is 11.5. The van der Waals surface area contributed by atoms with Gasteiger partial charge in [-0.1, -0.05) is 18.2 Å². The van der Waals surface area contributed by atoms with Crippen LogP contribution in [0.4, 0.5) is 0 Å². The van der Waals surface area contributed by atoms with Gasteiger partial charge in [-0.2, -0.15) is 0 Å². The lowest BCUT2D eigenvalue weighted by Crippen LogP contribution is -2.45. The largest absolute Gasteiger partial charge is 0.324 e. The molecule has 2 rings (SSSR count). The number of benzene rings is 1. The van der Waals surface area contributed by atoms with Gasteiger partial charge < -0.3 is 10.6 Å². The van der Waals surface area contributed by atoms with Gasteiger partial charge in [-0.3, -0.25) is 0 Å². The van der Waals surface area contributed by atoms with Crippen LogP contribution in [0.1, 0.15) is 43.0 Å². The molecule has 0 spiro atoms. The molecule has 0 heterocycles. The van der Waals surface area contributed by atoms with E-state index in [4.69, 9.17) is 5.73 Å². The molecule has 94 valence electrons. The molecular weight excluding hydrogens is 208 g/mol. The fourth-order valence-electron chi connectivity index (χ4n) is 3.16. The first kappa shape index (κ1) is 12.6. The van der Waals surface area contributed by atoms with Gasteiger partial charge in [0.25, 0.3) is 0 Å². The van der Waals surface area contributed by atoms with Crippen LogP contribution in [0.5, 0.6) is 0 Å². The SMILES string of the molecule is CN(C)C(c1ccc2c(c1)CCC2)C(C)(C)N. The first-order chi connectivity index (χ1) is 7.89. The summed E-state index contributed by atoms with van der Waals surface area (Å²) in [5.41, 5.74) is 10.5. The van der Waals surface area contributed by atoms with Crippen molar-refractivity contribution in [2.75, 3.05) is 14.1 Å². The van der Waals surface area contributed by atoms with Gasteiger partial charge in [0.15, 0.2) is 0 Å². The van der Waals surface area contributed by atoms with Crippen molar-refractivity contribution in [2.45, 2.75) is 44.7 Å². The van der Waals surface area contributed by atoms with E-state index in [-0.39, 0.29) is 11.6 Å². The lowest BCUT2D eigenvalue weighted by atomic mass is 9.87. The molecule has 0 saturated heterocycles. The average molecular weight is 232 g/mol. The highest BCUT2D eigenvalue weighted by Gasteiger charge is 2.29. The number of rotatable bonds is 3. The molecule has 0 aliphatic heterocycles. The molecular formula is C15H24N2. The van der Waals surface area contributed by atoms with Crippen LogP contribution in [-0.4, -0.2) is 24.5 Å². The average Bonchev–Trinajstić information content (AvgIpc) is 2.61. The van der Waals surface area contributed by atoms with E-state index < -0.39 is 0 Å². The van der Waals surface area contributed by atoms with E-state index in [1.807, 2.05) is 0 Å². The Hall–Kier alpha value is -0.860. The fourth-order valence-corrected chi connectivity index (χ4v) is 3.16. The third-order valence-corrected chi connectivity index (χ3v) is 3.66. The summed E-state index contributed by atoms with van der Waals surface area (Å²) in [5, 5.41) is 0. The van der Waals surface area contributed by atoms with Crippen molar-refractivity contribution >= 4 is 0 Å². The topological polar surface area (TPSA) is 29.3 Å². The monoisotopic (exact) mass is 232 g/mol. The minimum absolute atomic E-state index is 0.226. The number of fused-ring (bicyclic) bond motifs is 1. The van der Waals surface area contributed by atoms with Crippen molar-refractivity contribution in [3.05, 3.63) is 34.9 Å². The maximum absolute atomic E-state index is 6.32. The predicted octanol–water partition coefficient (Wildman–Crippen LogP) is 2.52. The van der Waals surface area contributed by atoms with E-state index in [9.17, 15) is 0 Å². The Balaban J connectivity index is 2.37. The highest BCUT2D eigenvalue weighted by Crippen LogP contribution is 2.31. The third kappa shape index (κ3) is 2.53.